The van der Waals surface area contributed by atoms with E-state index < -0.39 is 5.82 Å². The summed E-state index contributed by atoms with van der Waals surface area (Å²) in [5, 5.41) is 15.0. The molecule has 0 radical (unpaired) electrons. The molecule has 4 rings (SSSR count). The van der Waals surface area contributed by atoms with E-state index in [0.717, 1.165) is 30.3 Å². The van der Waals surface area contributed by atoms with Crippen molar-refractivity contribution in [2.75, 3.05) is 23.4 Å². The summed E-state index contributed by atoms with van der Waals surface area (Å²) < 4.78 is 13.7. The van der Waals surface area contributed by atoms with Crippen molar-refractivity contribution < 1.29 is 19.1 Å². The molecule has 2 amide bonds. The summed E-state index contributed by atoms with van der Waals surface area (Å²) in [7, 11) is 0. The van der Waals surface area contributed by atoms with Crippen molar-refractivity contribution in [3.8, 4) is 0 Å². The third-order valence-corrected chi connectivity index (χ3v) is 6.29. The summed E-state index contributed by atoms with van der Waals surface area (Å²) in [5.74, 6) is -0.110. The lowest BCUT2D eigenvalue weighted by molar-refractivity contribution is -0.117. The Balaban J connectivity index is 1.78. The number of aryl methyl sites for hydroxylation is 1. The first-order chi connectivity index (χ1) is 15.3. The standard InChI is InChI=1S/C23H28FN5O3/c1-12-20(28-23-26-11-18(24)13(2)27-23)17-10-16(22(32)25-8-9-30)6-7-19(17)29(14(3)31)21(12)15-4-5-15/h6-7,10-12,15,20-21,30H,4-5,8-9H2,1-3H3,(H,25,32)(H,26,27,28)/t12-,20-,21-/m1/s1. The molecular formula is C23H28FN5O3. The van der Waals surface area contributed by atoms with Gasteiger partial charge in [-0.05, 0) is 49.4 Å². The molecule has 1 aromatic carbocycles. The lowest BCUT2D eigenvalue weighted by Crippen LogP contribution is -2.51. The second kappa shape index (κ2) is 8.82. The Morgan fingerprint density at radius 1 is 1.31 bits per heavy atom. The number of nitrogens with zero attached hydrogens (tertiary/aromatic N) is 3. The number of amides is 2. The van der Waals surface area contributed by atoms with Crippen LogP contribution >= 0.6 is 0 Å². The number of fused-ring (bicyclic) bond motifs is 1. The number of halogens is 1. The number of aromatic nitrogens is 2. The Morgan fingerprint density at radius 2 is 2.06 bits per heavy atom. The van der Waals surface area contributed by atoms with Crippen molar-refractivity contribution in [2.24, 2.45) is 11.8 Å². The molecule has 1 aromatic heterocycles. The van der Waals surface area contributed by atoms with Crippen LogP contribution in [0.3, 0.4) is 0 Å². The van der Waals surface area contributed by atoms with Crippen LogP contribution in [0, 0.1) is 24.6 Å². The zero-order valence-corrected chi connectivity index (χ0v) is 18.4. The number of hydrogen-bond acceptors (Lipinski definition) is 6. The van der Waals surface area contributed by atoms with Crippen LogP contribution in [0.25, 0.3) is 0 Å². The topological polar surface area (TPSA) is 107 Å². The number of nitrogens with one attached hydrogen (secondary N) is 2. The number of benzene rings is 1. The molecule has 1 aliphatic carbocycles. The minimum absolute atomic E-state index is 0.00334. The minimum Gasteiger partial charge on any atom is -0.395 e. The van der Waals surface area contributed by atoms with Crippen LogP contribution < -0.4 is 15.5 Å². The lowest BCUT2D eigenvalue weighted by atomic mass is 9.79. The summed E-state index contributed by atoms with van der Waals surface area (Å²) in [6, 6.07) is 5.00. The second-order valence-electron chi connectivity index (χ2n) is 8.58. The molecule has 0 bridgehead atoms. The van der Waals surface area contributed by atoms with Gasteiger partial charge in [0.1, 0.15) is 0 Å². The van der Waals surface area contributed by atoms with Gasteiger partial charge in [0.15, 0.2) is 5.82 Å². The average molecular weight is 442 g/mol. The smallest absolute Gasteiger partial charge is 0.251 e. The maximum Gasteiger partial charge on any atom is 0.251 e. The third-order valence-electron chi connectivity index (χ3n) is 6.29. The molecule has 2 heterocycles. The van der Waals surface area contributed by atoms with E-state index in [1.807, 2.05) is 4.90 Å². The highest BCUT2D eigenvalue weighted by Gasteiger charge is 2.47. The molecule has 1 aliphatic heterocycles. The van der Waals surface area contributed by atoms with Crippen LogP contribution in [-0.2, 0) is 4.79 Å². The van der Waals surface area contributed by atoms with Crippen LogP contribution in [0.5, 0.6) is 0 Å². The van der Waals surface area contributed by atoms with E-state index in [2.05, 4.69) is 27.5 Å². The normalized spacial score (nSPS) is 22.3. The number of rotatable bonds is 6. The summed E-state index contributed by atoms with van der Waals surface area (Å²) in [5.41, 5.74) is 2.21. The zero-order valence-electron chi connectivity index (χ0n) is 18.4. The van der Waals surface area contributed by atoms with Crippen molar-refractivity contribution >= 4 is 23.5 Å². The summed E-state index contributed by atoms with van der Waals surface area (Å²) >= 11 is 0. The third kappa shape index (κ3) is 4.17. The Labute approximate surface area is 186 Å². The van der Waals surface area contributed by atoms with Gasteiger partial charge in [0.25, 0.3) is 5.91 Å². The Kier molecular flexibility index (Phi) is 6.10. The van der Waals surface area contributed by atoms with Crippen molar-refractivity contribution in [2.45, 2.75) is 45.7 Å². The van der Waals surface area contributed by atoms with E-state index in [9.17, 15) is 14.0 Å². The number of hydrogen-bond donors (Lipinski definition) is 3. The van der Waals surface area contributed by atoms with Gasteiger partial charge < -0.3 is 20.6 Å². The first-order valence-electron chi connectivity index (χ1n) is 10.9. The van der Waals surface area contributed by atoms with Crippen molar-refractivity contribution in [1.29, 1.82) is 0 Å². The molecule has 0 unspecified atom stereocenters. The van der Waals surface area contributed by atoms with Crippen molar-refractivity contribution in [3.63, 3.8) is 0 Å². The number of anilines is 2. The van der Waals surface area contributed by atoms with Crippen LogP contribution in [0.15, 0.2) is 24.4 Å². The fourth-order valence-corrected chi connectivity index (χ4v) is 4.64. The molecule has 9 heteroatoms. The first-order valence-corrected chi connectivity index (χ1v) is 10.9. The molecular weight excluding hydrogens is 413 g/mol. The fourth-order valence-electron chi connectivity index (χ4n) is 4.64. The van der Waals surface area contributed by atoms with Gasteiger partial charge in [-0.3, -0.25) is 9.59 Å². The van der Waals surface area contributed by atoms with Gasteiger partial charge in [-0.15, -0.1) is 0 Å². The highest BCUT2D eigenvalue weighted by atomic mass is 19.1. The molecule has 32 heavy (non-hydrogen) atoms. The van der Waals surface area contributed by atoms with Gasteiger partial charge in [-0.2, -0.15) is 0 Å². The SMILES string of the molecule is CC(=O)N1c2ccc(C(=O)NCCO)cc2[C@H](Nc2ncc(F)c(C)n2)[C@@H](C)[C@@H]1C1CC1. The Bertz CT molecular complexity index is 1040. The summed E-state index contributed by atoms with van der Waals surface area (Å²) in [6.45, 7) is 5.22. The number of aliphatic hydroxyl groups excluding tert-OH is 1. The average Bonchev–Trinajstić information content (AvgIpc) is 3.60. The summed E-state index contributed by atoms with van der Waals surface area (Å²) in [4.78, 5) is 35.4. The number of aliphatic hydroxyl groups is 1. The van der Waals surface area contributed by atoms with E-state index in [1.165, 1.54) is 0 Å². The van der Waals surface area contributed by atoms with Gasteiger partial charge in [0.2, 0.25) is 11.9 Å². The quantitative estimate of drug-likeness (QED) is 0.636. The second-order valence-corrected chi connectivity index (χ2v) is 8.58. The van der Waals surface area contributed by atoms with Crippen molar-refractivity contribution in [3.05, 3.63) is 47.0 Å². The molecule has 3 atom stereocenters. The van der Waals surface area contributed by atoms with Crippen molar-refractivity contribution in [1.82, 2.24) is 15.3 Å². The minimum atomic E-state index is -0.478. The predicted octanol–water partition coefficient (Wildman–Crippen LogP) is 2.58. The molecule has 1 saturated carbocycles. The number of carbonyl (C=O) groups is 2. The Hall–Kier alpha value is -3.07. The van der Waals surface area contributed by atoms with E-state index >= 15 is 0 Å². The van der Waals surface area contributed by atoms with Gasteiger partial charge in [0, 0.05) is 36.7 Å². The largest absolute Gasteiger partial charge is 0.395 e. The molecule has 2 aliphatic rings. The van der Waals surface area contributed by atoms with E-state index in [0.29, 0.717) is 17.4 Å². The number of carbonyl (C=O) groups excluding carboxylic acids is 2. The molecule has 0 saturated heterocycles. The zero-order chi connectivity index (χ0) is 23.0. The lowest BCUT2D eigenvalue weighted by Gasteiger charge is -2.45. The monoisotopic (exact) mass is 441 g/mol. The van der Waals surface area contributed by atoms with Crippen LogP contribution in [-0.4, -0.2) is 46.1 Å². The van der Waals surface area contributed by atoms with Crippen LogP contribution in [0.1, 0.15) is 54.3 Å². The maximum atomic E-state index is 13.7. The van der Waals surface area contributed by atoms with Gasteiger partial charge in [-0.1, -0.05) is 6.92 Å². The Morgan fingerprint density at radius 3 is 2.69 bits per heavy atom. The van der Waals surface area contributed by atoms with Crippen LogP contribution in [0.4, 0.5) is 16.0 Å². The summed E-state index contributed by atoms with van der Waals surface area (Å²) in [6.07, 6.45) is 3.27. The van der Waals surface area contributed by atoms with Gasteiger partial charge in [0.05, 0.1) is 24.5 Å². The molecule has 170 valence electrons. The highest BCUT2D eigenvalue weighted by Crippen LogP contribution is 2.50. The van der Waals surface area contributed by atoms with E-state index in [-0.39, 0.29) is 48.7 Å². The molecule has 3 N–H and O–H groups in total. The van der Waals surface area contributed by atoms with Gasteiger partial charge >= 0.3 is 0 Å². The molecule has 1 fully saturated rings. The van der Waals surface area contributed by atoms with Gasteiger partial charge in [-0.25, -0.2) is 14.4 Å². The van der Waals surface area contributed by atoms with E-state index in [4.69, 9.17) is 5.11 Å². The fraction of sp³-hybridized carbons (Fsp3) is 0.478. The molecule has 2 aromatic rings. The predicted molar refractivity (Wildman–Crippen MR) is 118 cm³/mol. The van der Waals surface area contributed by atoms with Crippen LogP contribution in [0.2, 0.25) is 0 Å². The van der Waals surface area contributed by atoms with E-state index in [1.54, 1.807) is 32.0 Å². The first kappa shape index (κ1) is 22.1. The molecule has 8 nitrogen and oxygen atoms in total. The highest BCUT2D eigenvalue weighted by molar-refractivity contribution is 5.98. The maximum absolute atomic E-state index is 13.7. The molecule has 0 spiro atoms.